The molecule has 1 unspecified atom stereocenters. The average molecular weight is 517 g/mol. The van der Waals surface area contributed by atoms with Gasteiger partial charge in [0.25, 0.3) is 0 Å². The van der Waals surface area contributed by atoms with E-state index in [2.05, 4.69) is 30.3 Å². The third-order valence-electron chi connectivity index (χ3n) is 6.11. The van der Waals surface area contributed by atoms with Gasteiger partial charge in [0.05, 0.1) is 12.3 Å². The molecular weight excluding hydrogens is 472 g/mol. The fourth-order valence-corrected chi connectivity index (χ4v) is 4.09. The minimum atomic E-state index is -0.508. The van der Waals surface area contributed by atoms with Gasteiger partial charge < -0.3 is 28.7 Å². The lowest BCUT2D eigenvalue weighted by molar-refractivity contribution is -0.0394. The molecular formula is C28H44N4O5. The van der Waals surface area contributed by atoms with Gasteiger partial charge in [0.1, 0.15) is 17.6 Å². The van der Waals surface area contributed by atoms with Crippen LogP contribution < -0.4 is 4.74 Å². The Labute approximate surface area is 221 Å². The quantitative estimate of drug-likeness (QED) is 0.369. The Kier molecular flexibility index (Phi) is 10.8. The number of aromatic nitrogens is 2. The number of carbonyl (C=O) groups excluding carboxylic acids is 1. The van der Waals surface area contributed by atoms with Crippen molar-refractivity contribution >= 4 is 6.09 Å². The Hall–Kier alpha value is -2.62. The summed E-state index contributed by atoms with van der Waals surface area (Å²) < 4.78 is 24.3. The van der Waals surface area contributed by atoms with Crippen molar-refractivity contribution in [1.29, 1.82) is 0 Å². The van der Waals surface area contributed by atoms with Crippen LogP contribution in [0.2, 0.25) is 0 Å². The summed E-state index contributed by atoms with van der Waals surface area (Å²) in [5, 5.41) is 4.96. The number of likely N-dealkylation sites (N-methyl/N-ethyl adjacent to an activating group) is 2. The Morgan fingerprint density at radius 2 is 1.89 bits per heavy atom. The van der Waals surface area contributed by atoms with Gasteiger partial charge >= 0.3 is 6.09 Å². The fourth-order valence-electron chi connectivity index (χ4n) is 4.09. The van der Waals surface area contributed by atoms with Gasteiger partial charge in [-0.15, -0.1) is 0 Å². The predicted octanol–water partition coefficient (Wildman–Crippen LogP) is 4.96. The molecule has 0 radical (unpaired) electrons. The second kappa shape index (κ2) is 13.8. The number of hydrogen-bond acceptors (Lipinski definition) is 7. The molecule has 0 saturated carbocycles. The van der Waals surface area contributed by atoms with E-state index in [0.717, 1.165) is 54.9 Å². The van der Waals surface area contributed by atoms with Crippen LogP contribution in [-0.4, -0.2) is 85.4 Å². The number of methoxy groups -OCH3 is 1. The lowest BCUT2D eigenvalue weighted by Crippen LogP contribution is -2.38. The molecule has 2 heterocycles. The van der Waals surface area contributed by atoms with Crippen LogP contribution in [0, 0.1) is 0 Å². The first-order chi connectivity index (χ1) is 17.7. The number of benzene rings is 1. The third-order valence-corrected chi connectivity index (χ3v) is 6.11. The van der Waals surface area contributed by atoms with Crippen molar-refractivity contribution in [3.63, 3.8) is 0 Å². The van der Waals surface area contributed by atoms with E-state index < -0.39 is 5.60 Å². The highest BCUT2D eigenvalue weighted by molar-refractivity contribution is 5.67. The second-order valence-electron chi connectivity index (χ2n) is 10.7. The summed E-state index contributed by atoms with van der Waals surface area (Å²) in [5.41, 5.74) is 2.58. The molecule has 37 heavy (non-hydrogen) atoms. The minimum Gasteiger partial charge on any atom is -0.494 e. The Bertz CT molecular complexity index is 964. The largest absolute Gasteiger partial charge is 0.494 e. The Morgan fingerprint density at radius 1 is 1.14 bits per heavy atom. The number of nitrogens with zero attached hydrogens (tertiary/aromatic N) is 4. The number of ether oxygens (including phenoxy) is 4. The maximum atomic E-state index is 12.3. The summed E-state index contributed by atoms with van der Waals surface area (Å²) in [7, 11) is 5.52. The topological polar surface area (TPSA) is 78.3 Å². The van der Waals surface area contributed by atoms with Gasteiger partial charge in [0.2, 0.25) is 0 Å². The average Bonchev–Trinajstić information content (AvgIpc) is 3.28. The second-order valence-corrected chi connectivity index (χ2v) is 10.7. The highest BCUT2D eigenvalue weighted by atomic mass is 16.6. The molecule has 9 heteroatoms. The molecule has 1 atom stereocenters. The molecule has 3 rings (SSSR count). The van der Waals surface area contributed by atoms with Crippen LogP contribution in [0.3, 0.4) is 0 Å². The normalized spacial score (nSPS) is 16.1. The third kappa shape index (κ3) is 9.32. The van der Waals surface area contributed by atoms with E-state index in [9.17, 15) is 4.79 Å². The zero-order valence-corrected chi connectivity index (χ0v) is 23.4. The van der Waals surface area contributed by atoms with Gasteiger partial charge in [-0.05, 0) is 71.3 Å². The zero-order chi connectivity index (χ0) is 26.8. The van der Waals surface area contributed by atoms with Crippen LogP contribution in [0.1, 0.15) is 58.2 Å². The van der Waals surface area contributed by atoms with Crippen LogP contribution in [-0.2, 0) is 20.8 Å². The monoisotopic (exact) mass is 516 g/mol. The molecule has 0 spiro atoms. The molecule has 0 N–H and O–H groups in total. The zero-order valence-electron chi connectivity index (χ0n) is 23.4. The van der Waals surface area contributed by atoms with Crippen molar-refractivity contribution in [3.8, 4) is 17.0 Å². The molecule has 1 amide bonds. The smallest absolute Gasteiger partial charge is 0.410 e. The van der Waals surface area contributed by atoms with Crippen molar-refractivity contribution in [2.24, 2.45) is 0 Å². The van der Waals surface area contributed by atoms with E-state index in [-0.39, 0.29) is 12.3 Å². The first-order valence-electron chi connectivity index (χ1n) is 13.2. The van der Waals surface area contributed by atoms with E-state index in [0.29, 0.717) is 32.8 Å². The number of amides is 1. The summed E-state index contributed by atoms with van der Waals surface area (Å²) in [5.74, 6) is 0.832. The van der Waals surface area contributed by atoms with Crippen molar-refractivity contribution < 1.29 is 23.7 Å². The predicted molar refractivity (Wildman–Crippen MR) is 144 cm³/mol. The first kappa shape index (κ1) is 28.9. The molecule has 1 saturated heterocycles. The van der Waals surface area contributed by atoms with Crippen LogP contribution in [0.15, 0.2) is 30.5 Å². The fraction of sp³-hybridized carbons (Fsp3) is 0.643. The number of hydrogen-bond donors (Lipinski definition) is 0. The number of carbonyl (C=O) groups is 1. The standard InChI is InChI=1S/C28H44N4O5/c1-28(2,3)37-27(33)31(5)16-15-30(4)20-23-21-32(25-10-7-8-18-36-25)29-26(23)22-11-13-24(14-12-22)35-19-9-17-34-6/h11-14,21,25H,7-10,15-20H2,1-6H3. The lowest BCUT2D eigenvalue weighted by atomic mass is 10.1. The molecule has 1 aromatic carbocycles. The highest BCUT2D eigenvalue weighted by Gasteiger charge is 2.22. The van der Waals surface area contributed by atoms with Gasteiger partial charge in [-0.2, -0.15) is 5.10 Å². The van der Waals surface area contributed by atoms with E-state index in [1.807, 2.05) is 37.6 Å². The van der Waals surface area contributed by atoms with E-state index in [1.165, 1.54) is 0 Å². The minimum absolute atomic E-state index is 0.0340. The SMILES string of the molecule is COCCCOc1ccc(-c2nn(C3CCCCO3)cc2CN(C)CCN(C)C(=O)OC(C)(C)C)cc1. The molecule has 1 fully saturated rings. The molecule has 2 aromatic rings. The number of rotatable bonds is 12. The molecule has 1 aliphatic rings. The van der Waals surface area contributed by atoms with Crippen LogP contribution in [0.5, 0.6) is 5.75 Å². The van der Waals surface area contributed by atoms with E-state index >= 15 is 0 Å². The Balaban J connectivity index is 1.69. The molecule has 9 nitrogen and oxygen atoms in total. The molecule has 206 valence electrons. The van der Waals surface area contributed by atoms with Crippen LogP contribution >= 0.6 is 0 Å². The summed E-state index contributed by atoms with van der Waals surface area (Å²) >= 11 is 0. The highest BCUT2D eigenvalue weighted by Crippen LogP contribution is 2.29. The maximum absolute atomic E-state index is 12.3. The molecule has 0 bridgehead atoms. The van der Waals surface area contributed by atoms with Gasteiger partial charge in [-0.25, -0.2) is 9.48 Å². The lowest BCUT2D eigenvalue weighted by Gasteiger charge is -2.26. The van der Waals surface area contributed by atoms with Gasteiger partial charge in [-0.3, -0.25) is 0 Å². The van der Waals surface area contributed by atoms with Crippen LogP contribution in [0.4, 0.5) is 4.79 Å². The molecule has 0 aliphatic carbocycles. The van der Waals surface area contributed by atoms with Crippen molar-refractivity contribution in [1.82, 2.24) is 19.6 Å². The van der Waals surface area contributed by atoms with Crippen molar-refractivity contribution in [2.75, 3.05) is 54.1 Å². The molecule has 1 aromatic heterocycles. The Morgan fingerprint density at radius 3 is 2.54 bits per heavy atom. The van der Waals surface area contributed by atoms with Gasteiger partial charge in [0, 0.05) is 70.8 Å². The maximum Gasteiger partial charge on any atom is 0.410 e. The summed E-state index contributed by atoms with van der Waals surface area (Å²) in [6.07, 6.45) is 5.81. The van der Waals surface area contributed by atoms with E-state index in [4.69, 9.17) is 24.0 Å². The van der Waals surface area contributed by atoms with Crippen molar-refractivity contribution in [2.45, 2.75) is 64.8 Å². The van der Waals surface area contributed by atoms with Crippen LogP contribution in [0.25, 0.3) is 11.3 Å². The van der Waals surface area contributed by atoms with Crippen molar-refractivity contribution in [3.05, 3.63) is 36.0 Å². The summed E-state index contributed by atoms with van der Waals surface area (Å²) in [6.45, 7) is 9.66. The molecule has 1 aliphatic heterocycles. The van der Waals surface area contributed by atoms with E-state index in [1.54, 1.807) is 19.1 Å². The summed E-state index contributed by atoms with van der Waals surface area (Å²) in [6, 6.07) is 8.09. The summed E-state index contributed by atoms with van der Waals surface area (Å²) in [4.78, 5) is 16.1. The van der Waals surface area contributed by atoms with Gasteiger partial charge in [-0.1, -0.05) is 0 Å². The van der Waals surface area contributed by atoms with Gasteiger partial charge in [0.15, 0.2) is 0 Å². The first-order valence-corrected chi connectivity index (χ1v) is 13.2.